The Labute approximate surface area is 94.9 Å². The smallest absolute Gasteiger partial charge is 0.235 e. The highest BCUT2D eigenvalue weighted by molar-refractivity contribution is 7.92. The fourth-order valence-electron chi connectivity index (χ4n) is 1.26. The number of nitrogens with two attached hydrogens (primary N) is 1. The normalized spacial score (nSPS) is 11.4. The van der Waals surface area contributed by atoms with E-state index in [1.165, 1.54) is 25.2 Å². The van der Waals surface area contributed by atoms with Crippen LogP contribution >= 0.6 is 0 Å². The summed E-state index contributed by atoms with van der Waals surface area (Å²) in [7, 11) is -2.15. The molecule has 0 saturated carbocycles. The van der Waals surface area contributed by atoms with Gasteiger partial charge in [0, 0.05) is 7.05 Å². The van der Waals surface area contributed by atoms with Crippen molar-refractivity contribution in [2.45, 2.75) is 6.42 Å². The van der Waals surface area contributed by atoms with E-state index in [1.54, 1.807) is 6.07 Å². The summed E-state index contributed by atoms with van der Waals surface area (Å²) in [4.78, 5) is 0. The van der Waals surface area contributed by atoms with Crippen LogP contribution in [0.15, 0.2) is 24.3 Å². The Balaban J connectivity index is 2.94. The number of para-hydroxylation sites is 1. The summed E-state index contributed by atoms with van der Waals surface area (Å²) < 4.78 is 37.8. The van der Waals surface area contributed by atoms with Crippen LogP contribution in [0.2, 0.25) is 0 Å². The van der Waals surface area contributed by atoms with Gasteiger partial charge in [-0.05, 0) is 25.1 Å². The van der Waals surface area contributed by atoms with Crippen LogP contribution in [0.25, 0.3) is 0 Å². The van der Waals surface area contributed by atoms with Crippen molar-refractivity contribution >= 4 is 15.7 Å². The maximum atomic E-state index is 13.4. The minimum absolute atomic E-state index is 0.0551. The second-order valence-electron chi connectivity index (χ2n) is 3.38. The molecule has 4 nitrogen and oxygen atoms in total. The molecule has 1 aromatic rings. The number of anilines is 1. The number of rotatable bonds is 5. The summed E-state index contributed by atoms with van der Waals surface area (Å²) in [5, 5.41) is 0. The molecule has 90 valence electrons. The summed E-state index contributed by atoms with van der Waals surface area (Å²) in [6, 6.07) is 5.76. The van der Waals surface area contributed by atoms with E-state index in [4.69, 9.17) is 5.73 Å². The van der Waals surface area contributed by atoms with Crippen LogP contribution in [-0.2, 0) is 10.0 Å². The standard InChI is InChI=1S/C10H15FN2O2S/c1-13(16(14,15)8-4-7-12)10-6-3-2-5-9(10)11/h2-3,5-6H,4,7-8,12H2,1H3. The third-order valence-electron chi connectivity index (χ3n) is 2.22. The van der Waals surface area contributed by atoms with Crippen LogP contribution in [0, 0.1) is 5.82 Å². The zero-order valence-corrected chi connectivity index (χ0v) is 9.87. The fraction of sp³-hybridized carbons (Fsp3) is 0.400. The molecule has 16 heavy (non-hydrogen) atoms. The molecule has 0 bridgehead atoms. The first kappa shape index (κ1) is 12.9. The number of benzene rings is 1. The van der Waals surface area contributed by atoms with E-state index < -0.39 is 15.8 Å². The molecule has 0 aromatic heterocycles. The minimum Gasteiger partial charge on any atom is -0.330 e. The molecule has 0 atom stereocenters. The van der Waals surface area contributed by atoms with Gasteiger partial charge in [-0.1, -0.05) is 12.1 Å². The van der Waals surface area contributed by atoms with E-state index in [0.717, 1.165) is 4.31 Å². The lowest BCUT2D eigenvalue weighted by molar-refractivity contribution is 0.587. The molecule has 6 heteroatoms. The van der Waals surface area contributed by atoms with E-state index in [1.807, 2.05) is 0 Å². The van der Waals surface area contributed by atoms with E-state index in [9.17, 15) is 12.8 Å². The average molecular weight is 246 g/mol. The summed E-state index contributed by atoms with van der Waals surface area (Å²) in [6.45, 7) is 0.296. The van der Waals surface area contributed by atoms with Gasteiger partial charge in [0.05, 0.1) is 11.4 Å². The summed E-state index contributed by atoms with van der Waals surface area (Å²) in [6.07, 6.45) is 0.362. The monoisotopic (exact) mass is 246 g/mol. The van der Waals surface area contributed by atoms with E-state index >= 15 is 0 Å². The Morgan fingerprint density at radius 3 is 2.56 bits per heavy atom. The third kappa shape index (κ3) is 2.93. The molecule has 0 radical (unpaired) electrons. The molecule has 0 amide bonds. The summed E-state index contributed by atoms with van der Waals surface area (Å²) in [5.41, 5.74) is 5.30. The average Bonchev–Trinajstić information content (AvgIpc) is 2.26. The second-order valence-corrected chi connectivity index (χ2v) is 5.50. The highest BCUT2D eigenvalue weighted by Crippen LogP contribution is 2.20. The molecule has 0 aliphatic rings. The highest BCUT2D eigenvalue weighted by Gasteiger charge is 2.19. The Morgan fingerprint density at radius 2 is 2.00 bits per heavy atom. The van der Waals surface area contributed by atoms with Gasteiger partial charge in [0.2, 0.25) is 10.0 Å². The Morgan fingerprint density at radius 1 is 1.38 bits per heavy atom. The molecule has 0 heterocycles. The Bertz CT molecular complexity index is 448. The molecular weight excluding hydrogens is 231 g/mol. The second kappa shape index (κ2) is 5.27. The predicted molar refractivity (Wildman–Crippen MR) is 62.3 cm³/mol. The minimum atomic E-state index is -3.48. The molecule has 0 saturated heterocycles. The first-order valence-electron chi connectivity index (χ1n) is 4.90. The first-order valence-corrected chi connectivity index (χ1v) is 6.51. The highest BCUT2D eigenvalue weighted by atomic mass is 32.2. The SMILES string of the molecule is CN(c1ccccc1F)S(=O)(=O)CCCN. The van der Waals surface area contributed by atoms with Crippen LogP contribution in [0.1, 0.15) is 6.42 Å². The predicted octanol–water partition coefficient (Wildman–Crippen LogP) is 0.941. The van der Waals surface area contributed by atoms with Gasteiger partial charge < -0.3 is 5.73 Å². The van der Waals surface area contributed by atoms with Crippen molar-refractivity contribution in [1.82, 2.24) is 0 Å². The van der Waals surface area contributed by atoms with Gasteiger partial charge in [-0.15, -0.1) is 0 Å². The van der Waals surface area contributed by atoms with Gasteiger partial charge in [-0.25, -0.2) is 12.8 Å². The number of hydrogen-bond acceptors (Lipinski definition) is 3. The lowest BCUT2D eigenvalue weighted by atomic mass is 10.3. The lowest BCUT2D eigenvalue weighted by Gasteiger charge is -2.19. The molecule has 0 fully saturated rings. The molecule has 0 aliphatic carbocycles. The summed E-state index contributed by atoms with van der Waals surface area (Å²) in [5.74, 6) is -0.629. The van der Waals surface area contributed by atoms with Crippen LogP contribution in [-0.4, -0.2) is 27.8 Å². The molecule has 1 rings (SSSR count). The summed E-state index contributed by atoms with van der Waals surface area (Å²) >= 11 is 0. The number of sulfonamides is 1. The lowest BCUT2D eigenvalue weighted by Crippen LogP contribution is -2.30. The van der Waals surface area contributed by atoms with Crippen molar-refractivity contribution in [3.8, 4) is 0 Å². The van der Waals surface area contributed by atoms with Gasteiger partial charge in [0.1, 0.15) is 5.82 Å². The van der Waals surface area contributed by atoms with Crippen molar-refractivity contribution in [3.05, 3.63) is 30.1 Å². The zero-order valence-electron chi connectivity index (χ0n) is 9.06. The molecule has 2 N–H and O–H groups in total. The largest absolute Gasteiger partial charge is 0.330 e. The number of nitrogens with zero attached hydrogens (tertiary/aromatic N) is 1. The molecule has 0 aliphatic heterocycles. The van der Waals surface area contributed by atoms with Crippen molar-refractivity contribution in [2.24, 2.45) is 5.73 Å². The van der Waals surface area contributed by atoms with Crippen LogP contribution in [0.4, 0.5) is 10.1 Å². The zero-order chi connectivity index (χ0) is 12.2. The first-order chi connectivity index (χ1) is 7.49. The van der Waals surface area contributed by atoms with Gasteiger partial charge in [0.25, 0.3) is 0 Å². The maximum Gasteiger partial charge on any atom is 0.235 e. The van der Waals surface area contributed by atoms with E-state index in [0.29, 0.717) is 13.0 Å². The van der Waals surface area contributed by atoms with Crippen LogP contribution < -0.4 is 10.0 Å². The number of hydrogen-bond donors (Lipinski definition) is 1. The maximum absolute atomic E-state index is 13.4. The van der Waals surface area contributed by atoms with Gasteiger partial charge in [0.15, 0.2) is 0 Å². The van der Waals surface area contributed by atoms with Crippen molar-refractivity contribution in [2.75, 3.05) is 23.7 Å². The van der Waals surface area contributed by atoms with E-state index in [2.05, 4.69) is 0 Å². The van der Waals surface area contributed by atoms with Gasteiger partial charge in [-0.2, -0.15) is 0 Å². The number of halogens is 1. The molecule has 0 unspecified atom stereocenters. The Hall–Kier alpha value is -1.14. The Kier molecular flexibility index (Phi) is 4.26. The van der Waals surface area contributed by atoms with Crippen molar-refractivity contribution in [3.63, 3.8) is 0 Å². The molecular formula is C10H15FN2O2S. The van der Waals surface area contributed by atoms with Crippen LogP contribution in [0.3, 0.4) is 0 Å². The third-order valence-corrected chi connectivity index (χ3v) is 4.05. The van der Waals surface area contributed by atoms with Crippen molar-refractivity contribution < 1.29 is 12.8 Å². The fourth-order valence-corrected chi connectivity index (χ4v) is 2.51. The van der Waals surface area contributed by atoms with Gasteiger partial charge in [-0.3, -0.25) is 4.31 Å². The quantitative estimate of drug-likeness (QED) is 0.841. The van der Waals surface area contributed by atoms with Gasteiger partial charge >= 0.3 is 0 Å². The molecule has 1 aromatic carbocycles. The van der Waals surface area contributed by atoms with Crippen molar-refractivity contribution in [1.29, 1.82) is 0 Å². The molecule has 0 spiro atoms. The topological polar surface area (TPSA) is 63.4 Å². The van der Waals surface area contributed by atoms with E-state index in [-0.39, 0.29) is 11.4 Å². The van der Waals surface area contributed by atoms with Crippen LogP contribution in [0.5, 0.6) is 0 Å².